The fourth-order valence-electron chi connectivity index (χ4n) is 3.31. The van der Waals surface area contributed by atoms with Crippen LogP contribution in [-0.4, -0.2) is 74.9 Å². The maximum absolute atomic E-state index is 12.9. The zero-order chi connectivity index (χ0) is 21.1. The Kier molecular flexibility index (Phi) is 7.24. The van der Waals surface area contributed by atoms with Crippen molar-refractivity contribution in [2.75, 3.05) is 33.4 Å². The van der Waals surface area contributed by atoms with Crippen molar-refractivity contribution >= 4 is 21.9 Å². The van der Waals surface area contributed by atoms with E-state index in [1.54, 1.807) is 27.7 Å². The molecule has 0 aliphatic carbocycles. The molecule has 1 saturated heterocycles. The van der Waals surface area contributed by atoms with Crippen molar-refractivity contribution in [2.45, 2.75) is 45.4 Å². The van der Waals surface area contributed by atoms with Crippen LogP contribution in [0, 0.1) is 13.8 Å². The van der Waals surface area contributed by atoms with E-state index in [4.69, 9.17) is 9.47 Å². The molecular weight excluding hydrogens is 386 g/mol. The van der Waals surface area contributed by atoms with Gasteiger partial charge in [0.15, 0.2) is 0 Å². The molecule has 2 rings (SSSR count). The molecule has 10 heteroatoms. The van der Waals surface area contributed by atoms with Gasteiger partial charge < -0.3 is 19.4 Å². The maximum Gasteiger partial charge on any atom is 0.340 e. The lowest BCUT2D eigenvalue weighted by molar-refractivity contribution is 0.0386. The van der Waals surface area contributed by atoms with Crippen LogP contribution in [0.5, 0.6) is 0 Å². The normalized spacial score (nSPS) is 17.4. The quantitative estimate of drug-likeness (QED) is 0.483. The Labute approximate surface area is 165 Å². The highest BCUT2D eigenvalue weighted by molar-refractivity contribution is 7.90. The number of methoxy groups -OCH3 is 1. The van der Waals surface area contributed by atoms with Gasteiger partial charge in [-0.05, 0) is 39.7 Å². The van der Waals surface area contributed by atoms with Crippen molar-refractivity contribution in [2.24, 2.45) is 0 Å². The number of hydrogen-bond acceptors (Lipinski definition) is 6. The van der Waals surface area contributed by atoms with E-state index in [1.807, 2.05) is 0 Å². The fourth-order valence-corrected chi connectivity index (χ4v) is 4.95. The first-order valence-corrected chi connectivity index (χ1v) is 10.8. The molecule has 28 heavy (non-hydrogen) atoms. The van der Waals surface area contributed by atoms with Gasteiger partial charge in [0.05, 0.1) is 17.4 Å². The predicted octanol–water partition coefficient (Wildman–Crippen LogP) is 0.977. The second-order valence-corrected chi connectivity index (χ2v) is 9.23. The number of carbonyl (C=O) groups is 2. The zero-order valence-electron chi connectivity index (χ0n) is 17.0. The summed E-state index contributed by atoms with van der Waals surface area (Å²) in [6.07, 6.45) is 0.373. The predicted molar refractivity (Wildman–Crippen MR) is 104 cm³/mol. The second kappa shape index (κ2) is 9.06. The third-order valence-corrected chi connectivity index (χ3v) is 6.71. The molecular formula is C18H29N3O6S. The third-order valence-electron chi connectivity index (χ3n) is 4.65. The lowest BCUT2D eigenvalue weighted by Crippen LogP contribution is -2.40. The summed E-state index contributed by atoms with van der Waals surface area (Å²) >= 11 is 0. The number of sulfonamides is 1. The van der Waals surface area contributed by atoms with E-state index in [2.05, 4.69) is 9.71 Å². The summed E-state index contributed by atoms with van der Waals surface area (Å²) in [7, 11) is -1.98. The summed E-state index contributed by atoms with van der Waals surface area (Å²) in [4.78, 5) is 29.7. The molecule has 0 bridgehead atoms. The van der Waals surface area contributed by atoms with Gasteiger partial charge in [-0.25, -0.2) is 17.9 Å². The summed E-state index contributed by atoms with van der Waals surface area (Å²) in [6.45, 7) is 7.75. The average Bonchev–Trinajstić information content (AvgIpc) is 3.19. The van der Waals surface area contributed by atoms with Crippen LogP contribution in [0.15, 0.2) is 0 Å². The first kappa shape index (κ1) is 22.4. The van der Waals surface area contributed by atoms with E-state index < -0.39 is 21.2 Å². The number of ether oxygens (including phenoxy) is 2. The lowest BCUT2D eigenvalue weighted by Gasteiger charge is -2.18. The Morgan fingerprint density at radius 2 is 1.96 bits per heavy atom. The molecule has 1 fully saturated rings. The highest BCUT2D eigenvalue weighted by Gasteiger charge is 2.37. The molecule has 1 aromatic rings. The van der Waals surface area contributed by atoms with E-state index in [0.717, 1.165) is 0 Å². The van der Waals surface area contributed by atoms with Crippen molar-refractivity contribution in [1.29, 1.82) is 0 Å². The van der Waals surface area contributed by atoms with Gasteiger partial charge in [0.25, 0.3) is 5.91 Å². The molecule has 1 aliphatic heterocycles. The van der Waals surface area contributed by atoms with Gasteiger partial charge in [0, 0.05) is 31.9 Å². The number of aromatic nitrogens is 1. The van der Waals surface area contributed by atoms with Gasteiger partial charge in [-0.1, -0.05) is 0 Å². The molecule has 0 aromatic carbocycles. The van der Waals surface area contributed by atoms with Gasteiger partial charge in [-0.15, -0.1) is 0 Å². The van der Waals surface area contributed by atoms with E-state index in [9.17, 15) is 18.0 Å². The Hall–Kier alpha value is -1.91. The molecule has 1 unspecified atom stereocenters. The Morgan fingerprint density at radius 1 is 1.29 bits per heavy atom. The largest absolute Gasteiger partial charge is 0.460 e. The number of hydrogen-bond donors (Lipinski definition) is 2. The van der Waals surface area contributed by atoms with Crippen molar-refractivity contribution in [3.63, 3.8) is 0 Å². The minimum Gasteiger partial charge on any atom is -0.460 e. The van der Waals surface area contributed by atoms with Gasteiger partial charge in [-0.3, -0.25) is 4.79 Å². The Bertz CT molecular complexity index is 831. The minimum absolute atomic E-state index is 0.117. The molecule has 1 aliphatic rings. The maximum atomic E-state index is 12.9. The van der Waals surface area contributed by atoms with Crippen LogP contribution in [0.1, 0.15) is 52.4 Å². The SMILES string of the molecule is COCCOC(=O)c1c(C)[nH]c(C(=O)N2CCC(S(=O)(=O)NC(C)C)C2)c1C. The molecule has 2 N–H and O–H groups in total. The van der Waals surface area contributed by atoms with Crippen LogP contribution in [0.25, 0.3) is 0 Å². The highest BCUT2D eigenvalue weighted by atomic mass is 32.2. The number of rotatable bonds is 8. The van der Waals surface area contributed by atoms with Crippen LogP contribution in [0.2, 0.25) is 0 Å². The Balaban J connectivity index is 2.13. The van der Waals surface area contributed by atoms with Crippen LogP contribution in [0.4, 0.5) is 0 Å². The van der Waals surface area contributed by atoms with Crippen LogP contribution in [0.3, 0.4) is 0 Å². The molecule has 9 nitrogen and oxygen atoms in total. The van der Waals surface area contributed by atoms with Crippen molar-refractivity contribution in [3.05, 3.63) is 22.5 Å². The smallest absolute Gasteiger partial charge is 0.340 e. The number of likely N-dealkylation sites (tertiary alicyclic amines) is 1. The van der Waals surface area contributed by atoms with Gasteiger partial charge in [0.1, 0.15) is 12.3 Å². The molecule has 158 valence electrons. The van der Waals surface area contributed by atoms with Crippen molar-refractivity contribution in [1.82, 2.24) is 14.6 Å². The number of aryl methyl sites for hydroxylation is 1. The van der Waals surface area contributed by atoms with E-state index in [0.29, 0.717) is 29.8 Å². The van der Waals surface area contributed by atoms with Crippen LogP contribution >= 0.6 is 0 Å². The van der Waals surface area contributed by atoms with E-state index >= 15 is 0 Å². The molecule has 0 radical (unpaired) electrons. The summed E-state index contributed by atoms with van der Waals surface area (Å²) < 4.78 is 37.3. The summed E-state index contributed by atoms with van der Waals surface area (Å²) in [5.41, 5.74) is 1.64. The third kappa shape index (κ3) is 4.92. The number of aromatic amines is 1. The number of carbonyl (C=O) groups excluding carboxylic acids is 2. The molecule has 0 spiro atoms. The first-order chi connectivity index (χ1) is 13.1. The van der Waals surface area contributed by atoms with Gasteiger partial charge in [0.2, 0.25) is 10.0 Å². The van der Waals surface area contributed by atoms with Crippen molar-refractivity contribution < 1.29 is 27.5 Å². The van der Waals surface area contributed by atoms with Gasteiger partial charge in [-0.2, -0.15) is 0 Å². The molecule has 1 amide bonds. The number of H-pyrrole nitrogens is 1. The number of esters is 1. The highest BCUT2D eigenvalue weighted by Crippen LogP contribution is 2.24. The van der Waals surface area contributed by atoms with Gasteiger partial charge >= 0.3 is 5.97 Å². The Morgan fingerprint density at radius 3 is 2.57 bits per heavy atom. The molecule has 1 atom stereocenters. The topological polar surface area (TPSA) is 118 Å². The average molecular weight is 416 g/mol. The molecule has 0 saturated carbocycles. The zero-order valence-corrected chi connectivity index (χ0v) is 17.8. The van der Waals surface area contributed by atoms with Crippen LogP contribution < -0.4 is 4.72 Å². The summed E-state index contributed by atoms with van der Waals surface area (Å²) in [5.74, 6) is -0.843. The molecule has 2 heterocycles. The van der Waals surface area contributed by atoms with E-state index in [1.165, 1.54) is 12.0 Å². The monoisotopic (exact) mass is 415 g/mol. The number of nitrogens with one attached hydrogen (secondary N) is 2. The van der Waals surface area contributed by atoms with Crippen molar-refractivity contribution in [3.8, 4) is 0 Å². The fraction of sp³-hybridized carbons (Fsp3) is 0.667. The molecule has 1 aromatic heterocycles. The van der Waals surface area contributed by atoms with Crippen LogP contribution in [-0.2, 0) is 19.5 Å². The first-order valence-electron chi connectivity index (χ1n) is 9.24. The minimum atomic E-state index is -3.49. The summed E-state index contributed by atoms with van der Waals surface area (Å²) in [5, 5.41) is -0.645. The second-order valence-electron chi connectivity index (χ2n) is 7.23. The standard InChI is InChI=1S/C18H29N3O6S/c1-11(2)20-28(24,25)14-6-7-21(10-14)17(22)16-12(3)15(13(4)19-16)18(23)27-9-8-26-5/h11,14,19-20H,6-10H2,1-5H3. The number of nitrogens with zero attached hydrogens (tertiary/aromatic N) is 1. The number of amides is 1. The lowest BCUT2D eigenvalue weighted by atomic mass is 10.1. The summed E-state index contributed by atoms with van der Waals surface area (Å²) in [6, 6.07) is -0.199. The van der Waals surface area contributed by atoms with E-state index in [-0.39, 0.29) is 37.4 Å².